The fourth-order valence-electron chi connectivity index (χ4n) is 2.06. The van der Waals surface area contributed by atoms with Crippen molar-refractivity contribution in [2.75, 3.05) is 18.6 Å². The average Bonchev–Trinajstić information content (AvgIpc) is 2.86. The Morgan fingerprint density at radius 2 is 2.33 bits per heavy atom. The molecule has 2 rings (SSSR count). The summed E-state index contributed by atoms with van der Waals surface area (Å²) in [6, 6.07) is 0.414. The zero-order valence-electron chi connectivity index (χ0n) is 11.4. The van der Waals surface area contributed by atoms with Crippen LogP contribution in [0.5, 0.6) is 0 Å². The van der Waals surface area contributed by atoms with Crippen molar-refractivity contribution in [1.29, 1.82) is 0 Å². The van der Waals surface area contributed by atoms with Gasteiger partial charge in [0.25, 0.3) is 0 Å². The lowest BCUT2D eigenvalue weighted by Gasteiger charge is -2.20. The highest BCUT2D eigenvalue weighted by atomic mass is 32.1. The van der Waals surface area contributed by atoms with E-state index in [4.69, 9.17) is 4.74 Å². The Bertz CT molecular complexity index is 442. The van der Waals surface area contributed by atoms with E-state index in [-0.39, 0.29) is 11.9 Å². The molecule has 0 saturated heterocycles. The standard InChI is InChI=1S/C13H20N2O2S/c1-5-17-12(16)9-6-7-10-11(9)14-13(18-10)15(4)8(2)3/h8-9H,5-7H2,1-4H3. The van der Waals surface area contributed by atoms with Crippen LogP contribution in [0, 0.1) is 0 Å². The van der Waals surface area contributed by atoms with E-state index >= 15 is 0 Å². The molecule has 0 N–H and O–H groups in total. The van der Waals surface area contributed by atoms with Crippen LogP contribution in [0.1, 0.15) is 43.7 Å². The molecule has 0 bridgehead atoms. The second kappa shape index (κ2) is 5.26. The second-order valence-electron chi connectivity index (χ2n) is 4.85. The minimum Gasteiger partial charge on any atom is -0.465 e. The highest BCUT2D eigenvalue weighted by Crippen LogP contribution is 2.40. The summed E-state index contributed by atoms with van der Waals surface area (Å²) in [4.78, 5) is 19.9. The highest BCUT2D eigenvalue weighted by Gasteiger charge is 2.34. The predicted octanol–water partition coefficient (Wildman–Crippen LogP) is 2.58. The molecule has 1 aliphatic rings. The van der Waals surface area contributed by atoms with Crippen LogP contribution in [-0.2, 0) is 16.0 Å². The number of aryl methyl sites for hydroxylation is 1. The van der Waals surface area contributed by atoms with E-state index in [1.54, 1.807) is 11.3 Å². The molecule has 1 aromatic rings. The van der Waals surface area contributed by atoms with E-state index in [0.29, 0.717) is 12.6 Å². The maximum Gasteiger partial charge on any atom is 0.315 e. The summed E-state index contributed by atoms with van der Waals surface area (Å²) in [5.41, 5.74) is 0.945. The lowest BCUT2D eigenvalue weighted by Crippen LogP contribution is -2.25. The summed E-state index contributed by atoms with van der Waals surface area (Å²) >= 11 is 1.70. The Labute approximate surface area is 112 Å². The molecule has 1 heterocycles. The van der Waals surface area contributed by atoms with Gasteiger partial charge in [0, 0.05) is 18.0 Å². The fraction of sp³-hybridized carbons (Fsp3) is 0.692. The Morgan fingerprint density at radius 3 is 2.94 bits per heavy atom. The second-order valence-corrected chi connectivity index (χ2v) is 5.91. The molecular weight excluding hydrogens is 248 g/mol. The number of hydrogen-bond acceptors (Lipinski definition) is 5. The number of anilines is 1. The molecule has 0 aliphatic heterocycles. The van der Waals surface area contributed by atoms with Crippen molar-refractivity contribution >= 4 is 22.4 Å². The highest BCUT2D eigenvalue weighted by molar-refractivity contribution is 7.15. The predicted molar refractivity (Wildman–Crippen MR) is 73.3 cm³/mol. The molecule has 4 nitrogen and oxygen atoms in total. The molecule has 5 heteroatoms. The molecule has 0 fully saturated rings. The molecule has 1 atom stereocenters. The summed E-state index contributed by atoms with van der Waals surface area (Å²) in [6.07, 6.45) is 1.79. The number of hydrogen-bond donors (Lipinski definition) is 0. The topological polar surface area (TPSA) is 42.4 Å². The molecule has 1 aliphatic carbocycles. The minimum absolute atomic E-state index is 0.125. The van der Waals surface area contributed by atoms with Crippen molar-refractivity contribution < 1.29 is 9.53 Å². The molecule has 1 unspecified atom stereocenters. The summed E-state index contributed by atoms with van der Waals surface area (Å²) in [5.74, 6) is -0.272. The van der Waals surface area contributed by atoms with Gasteiger partial charge in [-0.2, -0.15) is 0 Å². The smallest absolute Gasteiger partial charge is 0.315 e. The minimum atomic E-state index is -0.148. The van der Waals surface area contributed by atoms with Crippen LogP contribution in [0.3, 0.4) is 0 Å². The van der Waals surface area contributed by atoms with Gasteiger partial charge in [-0.3, -0.25) is 4.79 Å². The Balaban J connectivity index is 2.20. The third-order valence-electron chi connectivity index (χ3n) is 3.35. The van der Waals surface area contributed by atoms with Gasteiger partial charge in [0.15, 0.2) is 5.13 Å². The number of carbonyl (C=O) groups is 1. The van der Waals surface area contributed by atoms with Gasteiger partial charge in [-0.15, -0.1) is 11.3 Å². The van der Waals surface area contributed by atoms with Gasteiger partial charge in [0.1, 0.15) is 5.92 Å². The van der Waals surface area contributed by atoms with Crippen molar-refractivity contribution in [1.82, 2.24) is 4.98 Å². The van der Waals surface area contributed by atoms with Crippen molar-refractivity contribution in [3.05, 3.63) is 10.6 Å². The van der Waals surface area contributed by atoms with E-state index in [0.717, 1.165) is 23.7 Å². The Morgan fingerprint density at radius 1 is 1.61 bits per heavy atom. The van der Waals surface area contributed by atoms with Gasteiger partial charge in [-0.05, 0) is 33.6 Å². The molecule has 18 heavy (non-hydrogen) atoms. The molecule has 100 valence electrons. The first-order valence-corrected chi connectivity index (χ1v) is 7.25. The molecule has 0 spiro atoms. The Kier molecular flexibility index (Phi) is 3.90. The first kappa shape index (κ1) is 13.3. The summed E-state index contributed by atoms with van der Waals surface area (Å²) in [6.45, 7) is 6.55. The summed E-state index contributed by atoms with van der Waals surface area (Å²) in [7, 11) is 2.04. The third-order valence-corrected chi connectivity index (χ3v) is 4.58. The van der Waals surface area contributed by atoms with Gasteiger partial charge >= 0.3 is 5.97 Å². The fourth-order valence-corrected chi connectivity index (χ4v) is 3.29. The van der Waals surface area contributed by atoms with Crippen LogP contribution in [0.2, 0.25) is 0 Å². The molecule has 0 radical (unpaired) electrons. The van der Waals surface area contributed by atoms with Crippen molar-refractivity contribution in [2.24, 2.45) is 0 Å². The van der Waals surface area contributed by atoms with E-state index in [1.807, 2.05) is 14.0 Å². The summed E-state index contributed by atoms with van der Waals surface area (Å²) in [5, 5.41) is 1.00. The SMILES string of the molecule is CCOC(=O)C1CCc2sc(N(C)C(C)C)nc21. The third kappa shape index (κ3) is 2.36. The van der Waals surface area contributed by atoms with Crippen molar-refractivity contribution in [2.45, 2.75) is 45.6 Å². The number of aromatic nitrogens is 1. The van der Waals surface area contributed by atoms with Gasteiger partial charge in [-0.25, -0.2) is 4.98 Å². The first-order chi connectivity index (χ1) is 8.54. The van der Waals surface area contributed by atoms with Crippen molar-refractivity contribution in [3.63, 3.8) is 0 Å². The number of ether oxygens (including phenoxy) is 1. The van der Waals surface area contributed by atoms with E-state index in [9.17, 15) is 4.79 Å². The normalized spacial score (nSPS) is 17.9. The molecule has 0 amide bonds. The largest absolute Gasteiger partial charge is 0.465 e. The zero-order valence-corrected chi connectivity index (χ0v) is 12.2. The number of nitrogens with zero attached hydrogens (tertiary/aromatic N) is 2. The lowest BCUT2D eigenvalue weighted by atomic mass is 10.1. The van der Waals surface area contributed by atoms with Gasteiger partial charge in [-0.1, -0.05) is 0 Å². The van der Waals surface area contributed by atoms with Crippen LogP contribution >= 0.6 is 11.3 Å². The monoisotopic (exact) mass is 268 g/mol. The molecule has 1 aromatic heterocycles. The number of fused-ring (bicyclic) bond motifs is 1. The van der Waals surface area contributed by atoms with Gasteiger partial charge in [0.2, 0.25) is 0 Å². The van der Waals surface area contributed by atoms with E-state index in [1.165, 1.54) is 4.88 Å². The molecule has 0 saturated carbocycles. The lowest BCUT2D eigenvalue weighted by molar-refractivity contribution is -0.145. The average molecular weight is 268 g/mol. The van der Waals surface area contributed by atoms with Crippen LogP contribution in [0.4, 0.5) is 5.13 Å². The number of carbonyl (C=O) groups excluding carboxylic acids is 1. The van der Waals surface area contributed by atoms with Crippen molar-refractivity contribution in [3.8, 4) is 0 Å². The quantitative estimate of drug-likeness (QED) is 0.787. The van der Waals surface area contributed by atoms with Crippen LogP contribution in [0.15, 0.2) is 0 Å². The zero-order chi connectivity index (χ0) is 13.3. The van der Waals surface area contributed by atoms with Gasteiger partial charge < -0.3 is 9.64 Å². The number of rotatable bonds is 4. The van der Waals surface area contributed by atoms with E-state index in [2.05, 4.69) is 23.7 Å². The molecule has 0 aromatic carbocycles. The van der Waals surface area contributed by atoms with E-state index < -0.39 is 0 Å². The Hall–Kier alpha value is -1.10. The first-order valence-electron chi connectivity index (χ1n) is 6.43. The number of esters is 1. The van der Waals surface area contributed by atoms with Crippen LogP contribution in [-0.4, -0.2) is 30.6 Å². The maximum atomic E-state index is 11.8. The van der Waals surface area contributed by atoms with Crippen LogP contribution < -0.4 is 4.90 Å². The number of thiazole rings is 1. The maximum absolute atomic E-state index is 11.8. The van der Waals surface area contributed by atoms with Crippen LogP contribution in [0.25, 0.3) is 0 Å². The summed E-state index contributed by atoms with van der Waals surface area (Å²) < 4.78 is 5.11. The van der Waals surface area contributed by atoms with Gasteiger partial charge in [0.05, 0.1) is 12.3 Å². The molecular formula is C13H20N2O2S.